The topological polar surface area (TPSA) is 105 Å². The summed E-state index contributed by atoms with van der Waals surface area (Å²) in [5, 5.41) is 13.8. The number of unbranched alkanes of at least 4 members (excludes halogenated alkanes) is 28. The van der Waals surface area contributed by atoms with E-state index in [9.17, 15) is 19.4 Å². The summed E-state index contributed by atoms with van der Waals surface area (Å²) in [7, 11) is 1.55. The number of nitrogens with one attached hydrogen (secondary N) is 1. The quantitative estimate of drug-likeness (QED) is 0.0244. The lowest BCUT2D eigenvalue weighted by molar-refractivity contribution is -0.870. The van der Waals surface area contributed by atoms with Crippen molar-refractivity contribution in [2.75, 3.05) is 40.9 Å². The Bertz CT molecular complexity index is 1060. The minimum Gasteiger partial charge on any atom is -0.387 e. The van der Waals surface area contributed by atoms with Crippen molar-refractivity contribution in [3.05, 3.63) is 36.5 Å². The van der Waals surface area contributed by atoms with E-state index < -0.39 is 20.0 Å². The van der Waals surface area contributed by atoms with Crippen LogP contribution in [0.2, 0.25) is 0 Å². The van der Waals surface area contributed by atoms with Crippen LogP contribution in [0.15, 0.2) is 36.5 Å². The third-order valence-electron chi connectivity index (χ3n) is 11.1. The molecule has 0 saturated carbocycles. The van der Waals surface area contributed by atoms with E-state index in [-0.39, 0.29) is 19.1 Å². The molecule has 3 unspecified atom stereocenters. The number of carbonyl (C=O) groups is 1. The highest BCUT2D eigenvalue weighted by atomic mass is 31.2. The second kappa shape index (κ2) is 42.0. The predicted octanol–water partition coefficient (Wildman–Crippen LogP) is 14.3. The number of allylic oxidation sites excluding steroid dienone is 5. The van der Waals surface area contributed by atoms with Gasteiger partial charge in [-0.15, -0.1) is 0 Å². The van der Waals surface area contributed by atoms with E-state index >= 15 is 0 Å². The zero-order chi connectivity index (χ0) is 43.6. The maximum absolute atomic E-state index is 12.9. The van der Waals surface area contributed by atoms with Crippen LogP contribution in [0.4, 0.5) is 0 Å². The lowest BCUT2D eigenvalue weighted by Crippen LogP contribution is -2.45. The van der Waals surface area contributed by atoms with Crippen molar-refractivity contribution in [1.82, 2.24) is 5.32 Å². The van der Waals surface area contributed by atoms with Gasteiger partial charge in [-0.25, -0.2) is 4.57 Å². The van der Waals surface area contributed by atoms with Crippen LogP contribution >= 0.6 is 7.82 Å². The fourth-order valence-electron chi connectivity index (χ4n) is 7.11. The van der Waals surface area contributed by atoms with Gasteiger partial charge in [-0.1, -0.05) is 198 Å². The molecule has 0 spiro atoms. The summed E-state index contributed by atoms with van der Waals surface area (Å²) in [5.74, 6) is -0.190. The molecule has 0 fully saturated rings. The van der Waals surface area contributed by atoms with Crippen molar-refractivity contribution < 1.29 is 32.9 Å². The second-order valence-electron chi connectivity index (χ2n) is 18.2. The maximum atomic E-state index is 12.9. The molecule has 9 heteroatoms. The van der Waals surface area contributed by atoms with Crippen molar-refractivity contribution in [2.45, 2.75) is 238 Å². The van der Waals surface area contributed by atoms with Crippen molar-refractivity contribution in [3.8, 4) is 0 Å². The fraction of sp³-hybridized carbons (Fsp3) is 0.860. The molecule has 0 aromatic rings. The lowest BCUT2D eigenvalue weighted by atomic mass is 10.1. The first kappa shape index (κ1) is 57.7. The third-order valence-corrected chi connectivity index (χ3v) is 12.1. The number of hydrogen-bond acceptors (Lipinski definition) is 5. The van der Waals surface area contributed by atoms with Crippen LogP contribution < -0.4 is 5.32 Å². The van der Waals surface area contributed by atoms with Gasteiger partial charge in [0.25, 0.3) is 0 Å². The summed E-state index contributed by atoms with van der Waals surface area (Å²) >= 11 is 0. The molecule has 0 aliphatic heterocycles. The number of aliphatic hydroxyl groups excluding tert-OH is 1. The Kier molecular flexibility index (Phi) is 41.1. The average molecular weight is 854 g/mol. The van der Waals surface area contributed by atoms with Crippen LogP contribution in [0.3, 0.4) is 0 Å². The van der Waals surface area contributed by atoms with Gasteiger partial charge in [-0.3, -0.25) is 13.8 Å². The van der Waals surface area contributed by atoms with Crippen molar-refractivity contribution in [2.24, 2.45) is 0 Å². The van der Waals surface area contributed by atoms with Gasteiger partial charge >= 0.3 is 7.82 Å². The molecule has 1 amide bonds. The summed E-state index contributed by atoms with van der Waals surface area (Å²) in [4.78, 5) is 23.2. The molecule has 0 radical (unpaired) electrons. The SMILES string of the molecule is CCCCCCCCCCCC/C=C\CCCCCCCCCC(=O)NC(COP(=O)(O)OCC[N+](C)(C)C)C(O)/C=C/CC/C=C/CCCCCCCCCCCC. The molecule has 59 heavy (non-hydrogen) atoms. The normalized spacial score (nSPS) is 14.5. The fourth-order valence-corrected chi connectivity index (χ4v) is 7.85. The number of hydrogen-bond donors (Lipinski definition) is 3. The van der Waals surface area contributed by atoms with Crippen LogP contribution in [0, 0.1) is 0 Å². The number of likely N-dealkylation sites (N-methyl/N-ethyl adjacent to an activating group) is 1. The van der Waals surface area contributed by atoms with Gasteiger partial charge in [-0.2, -0.15) is 0 Å². The van der Waals surface area contributed by atoms with E-state index in [0.717, 1.165) is 38.5 Å². The zero-order valence-electron chi connectivity index (χ0n) is 39.5. The van der Waals surface area contributed by atoms with Crippen LogP contribution in [-0.4, -0.2) is 73.4 Å². The molecular weight excluding hydrogens is 756 g/mol. The van der Waals surface area contributed by atoms with Gasteiger partial charge in [0, 0.05) is 6.42 Å². The summed E-state index contributed by atoms with van der Waals surface area (Å²) in [6.45, 7) is 4.80. The molecule has 8 nitrogen and oxygen atoms in total. The number of aliphatic hydroxyl groups is 1. The molecule has 0 aromatic carbocycles. The molecule has 3 atom stereocenters. The number of quaternary nitrogens is 1. The zero-order valence-corrected chi connectivity index (χ0v) is 40.4. The molecule has 0 aromatic heterocycles. The van der Waals surface area contributed by atoms with E-state index in [1.807, 2.05) is 27.2 Å². The van der Waals surface area contributed by atoms with Gasteiger partial charge in [0.2, 0.25) is 5.91 Å². The number of phosphoric ester groups is 1. The minimum absolute atomic E-state index is 0.0556. The van der Waals surface area contributed by atoms with Crippen molar-refractivity contribution in [1.29, 1.82) is 0 Å². The van der Waals surface area contributed by atoms with E-state index in [1.165, 1.54) is 167 Å². The Labute approximate surface area is 366 Å². The Morgan fingerprint density at radius 1 is 0.559 bits per heavy atom. The highest BCUT2D eigenvalue weighted by molar-refractivity contribution is 7.47. The van der Waals surface area contributed by atoms with E-state index in [4.69, 9.17) is 9.05 Å². The summed E-state index contributed by atoms with van der Waals surface area (Å²) < 4.78 is 23.6. The summed E-state index contributed by atoms with van der Waals surface area (Å²) in [6, 6.07) is -0.864. The van der Waals surface area contributed by atoms with E-state index in [0.29, 0.717) is 17.4 Å². The number of phosphoric acid groups is 1. The Morgan fingerprint density at radius 2 is 0.932 bits per heavy atom. The molecular formula is C50H98N2O6P+. The van der Waals surface area contributed by atoms with Gasteiger partial charge in [0.1, 0.15) is 13.2 Å². The monoisotopic (exact) mass is 854 g/mol. The molecule has 0 heterocycles. The van der Waals surface area contributed by atoms with Gasteiger partial charge in [0.05, 0.1) is 39.9 Å². The Morgan fingerprint density at radius 3 is 1.36 bits per heavy atom. The average Bonchev–Trinajstić information content (AvgIpc) is 3.19. The third kappa shape index (κ3) is 44.6. The Balaban J connectivity index is 4.36. The number of rotatable bonds is 45. The first-order chi connectivity index (χ1) is 28.5. The standard InChI is InChI=1S/C50H97N2O6P/c1-6-8-10-12-14-16-18-20-22-24-25-26-27-28-30-32-34-36-38-40-42-44-50(54)51-48(47-58-59(55,56)57-46-45-52(3,4)5)49(53)43-41-39-37-35-33-31-29-23-21-19-17-15-13-11-9-7-2/h26-27,33,35,41,43,48-49,53H,6-25,28-32,34,36-40,42,44-47H2,1-5H3,(H-,51,54,55,56)/p+1/b27-26-,35-33+,43-41+. The van der Waals surface area contributed by atoms with Gasteiger partial charge in [0.15, 0.2) is 0 Å². The maximum Gasteiger partial charge on any atom is 0.472 e. The molecule has 0 bridgehead atoms. The summed E-state index contributed by atoms with van der Waals surface area (Å²) in [6.07, 6.45) is 52.2. The van der Waals surface area contributed by atoms with Crippen molar-refractivity contribution in [3.63, 3.8) is 0 Å². The Hall–Kier alpha value is -1.28. The van der Waals surface area contributed by atoms with Crippen LogP contribution in [0.25, 0.3) is 0 Å². The van der Waals surface area contributed by atoms with Crippen LogP contribution in [0.5, 0.6) is 0 Å². The van der Waals surface area contributed by atoms with Crippen molar-refractivity contribution >= 4 is 13.7 Å². The highest BCUT2D eigenvalue weighted by Crippen LogP contribution is 2.43. The first-order valence-corrected chi connectivity index (χ1v) is 26.4. The minimum atomic E-state index is -4.35. The lowest BCUT2D eigenvalue weighted by Gasteiger charge is -2.25. The smallest absolute Gasteiger partial charge is 0.387 e. The molecule has 0 saturated heterocycles. The summed E-state index contributed by atoms with van der Waals surface area (Å²) in [5.41, 5.74) is 0. The highest BCUT2D eigenvalue weighted by Gasteiger charge is 2.27. The molecule has 0 aliphatic rings. The van der Waals surface area contributed by atoms with Crippen LogP contribution in [0.1, 0.15) is 226 Å². The second-order valence-corrected chi connectivity index (χ2v) is 19.6. The number of nitrogens with zero attached hydrogens (tertiary/aromatic N) is 1. The van der Waals surface area contributed by atoms with E-state index in [1.54, 1.807) is 6.08 Å². The van der Waals surface area contributed by atoms with Gasteiger partial charge < -0.3 is 19.8 Å². The van der Waals surface area contributed by atoms with Crippen LogP contribution in [-0.2, 0) is 18.4 Å². The largest absolute Gasteiger partial charge is 0.472 e. The first-order valence-electron chi connectivity index (χ1n) is 24.9. The molecule has 348 valence electrons. The number of carbonyl (C=O) groups excluding carboxylic acids is 1. The predicted molar refractivity (Wildman–Crippen MR) is 254 cm³/mol. The van der Waals surface area contributed by atoms with E-state index in [2.05, 4.69) is 43.5 Å². The molecule has 3 N–H and O–H groups in total. The molecule has 0 rings (SSSR count). The molecule has 0 aliphatic carbocycles. The van der Waals surface area contributed by atoms with Gasteiger partial charge in [-0.05, 0) is 57.8 Å². The number of amides is 1.